The van der Waals surface area contributed by atoms with Crippen LogP contribution in [-0.4, -0.2) is 36.1 Å². The van der Waals surface area contributed by atoms with Crippen molar-refractivity contribution in [1.29, 1.82) is 0 Å². The first kappa shape index (κ1) is 17.3. The smallest absolute Gasteiger partial charge is 0.314 e. The van der Waals surface area contributed by atoms with Crippen LogP contribution in [0.4, 0.5) is 0 Å². The van der Waals surface area contributed by atoms with Crippen molar-refractivity contribution in [2.45, 2.75) is 0 Å². The molecule has 2 aromatic carbocycles. The molecular formula is C18H17N3O5. The van der Waals surface area contributed by atoms with Crippen molar-refractivity contribution >= 4 is 16.9 Å². The maximum absolute atomic E-state index is 12.2. The zero-order valence-electron chi connectivity index (χ0n) is 14.0. The Morgan fingerprint density at radius 2 is 1.69 bits per heavy atom. The van der Waals surface area contributed by atoms with Gasteiger partial charge in [-0.1, -0.05) is 12.1 Å². The fourth-order valence-electron chi connectivity index (χ4n) is 2.42. The topological polar surface area (TPSA) is 113 Å². The Hall–Kier alpha value is -3.55. The van der Waals surface area contributed by atoms with Crippen LogP contribution in [0.5, 0.6) is 11.5 Å². The third-order valence-electron chi connectivity index (χ3n) is 3.70. The molecule has 8 heteroatoms. The molecule has 0 atom stereocenters. The van der Waals surface area contributed by atoms with Crippen LogP contribution in [0.25, 0.3) is 11.0 Å². The monoisotopic (exact) mass is 355 g/mol. The number of rotatable bonds is 6. The standard InChI is InChI=1S/C18H17N3O5/c1-25-14-4-2-3-5-15(14)26-9-8-19-16(22)11-6-7-12-13(10-11)21-18(24)17(23)20-12/h2-7,10H,8-9H2,1H3,(H,19,22)(H,20,23)(H,21,24). The maximum atomic E-state index is 12.2. The zero-order valence-corrected chi connectivity index (χ0v) is 14.0. The average Bonchev–Trinajstić information content (AvgIpc) is 2.66. The summed E-state index contributed by atoms with van der Waals surface area (Å²) in [7, 11) is 1.56. The minimum atomic E-state index is -0.764. The number of amides is 1. The van der Waals surface area contributed by atoms with Gasteiger partial charge in [0.1, 0.15) is 6.61 Å². The van der Waals surface area contributed by atoms with Gasteiger partial charge in [-0.3, -0.25) is 14.4 Å². The van der Waals surface area contributed by atoms with Gasteiger partial charge in [-0.15, -0.1) is 0 Å². The van der Waals surface area contributed by atoms with Crippen LogP contribution in [0.1, 0.15) is 10.4 Å². The van der Waals surface area contributed by atoms with E-state index < -0.39 is 11.1 Å². The molecule has 0 radical (unpaired) electrons. The van der Waals surface area contributed by atoms with Crippen LogP contribution in [0.15, 0.2) is 52.1 Å². The van der Waals surface area contributed by atoms with Crippen LogP contribution in [0.3, 0.4) is 0 Å². The van der Waals surface area contributed by atoms with Crippen molar-refractivity contribution in [3.8, 4) is 11.5 Å². The molecule has 3 aromatic rings. The summed E-state index contributed by atoms with van der Waals surface area (Å²) < 4.78 is 10.8. The zero-order chi connectivity index (χ0) is 18.5. The van der Waals surface area contributed by atoms with Gasteiger partial charge in [0.15, 0.2) is 11.5 Å². The third kappa shape index (κ3) is 3.75. The Morgan fingerprint density at radius 3 is 2.42 bits per heavy atom. The molecule has 26 heavy (non-hydrogen) atoms. The predicted molar refractivity (Wildman–Crippen MR) is 96.0 cm³/mol. The summed E-state index contributed by atoms with van der Waals surface area (Å²) in [5.74, 6) is 0.894. The molecule has 0 unspecified atom stereocenters. The molecule has 1 aromatic heterocycles. The van der Waals surface area contributed by atoms with Crippen molar-refractivity contribution in [1.82, 2.24) is 15.3 Å². The Morgan fingerprint density at radius 1 is 1.00 bits per heavy atom. The number of nitrogens with one attached hydrogen (secondary N) is 3. The molecule has 0 aliphatic rings. The summed E-state index contributed by atoms with van der Waals surface area (Å²) in [6, 6.07) is 11.9. The molecule has 0 saturated heterocycles. The van der Waals surface area contributed by atoms with Crippen molar-refractivity contribution < 1.29 is 14.3 Å². The highest BCUT2D eigenvalue weighted by atomic mass is 16.5. The van der Waals surface area contributed by atoms with Gasteiger partial charge < -0.3 is 24.8 Å². The molecule has 0 spiro atoms. The number of benzene rings is 2. The normalized spacial score (nSPS) is 10.5. The first-order valence-electron chi connectivity index (χ1n) is 7.89. The summed E-state index contributed by atoms with van der Waals surface area (Å²) in [4.78, 5) is 39.8. The molecule has 3 N–H and O–H groups in total. The number of hydrogen-bond donors (Lipinski definition) is 3. The second-order valence-corrected chi connectivity index (χ2v) is 5.42. The molecule has 0 saturated carbocycles. The van der Waals surface area contributed by atoms with E-state index in [1.807, 2.05) is 12.1 Å². The van der Waals surface area contributed by atoms with Gasteiger partial charge in [-0.2, -0.15) is 0 Å². The number of carbonyl (C=O) groups excluding carboxylic acids is 1. The molecule has 0 aliphatic carbocycles. The van der Waals surface area contributed by atoms with Gasteiger partial charge in [0.2, 0.25) is 0 Å². The molecule has 0 fully saturated rings. The first-order valence-corrected chi connectivity index (χ1v) is 7.89. The van der Waals surface area contributed by atoms with Crippen molar-refractivity contribution in [3.63, 3.8) is 0 Å². The first-order chi connectivity index (χ1) is 12.6. The Balaban J connectivity index is 1.61. The summed E-state index contributed by atoms with van der Waals surface area (Å²) in [5.41, 5.74) is -0.306. The van der Waals surface area contributed by atoms with E-state index in [0.29, 0.717) is 28.1 Å². The van der Waals surface area contributed by atoms with Gasteiger partial charge in [0.25, 0.3) is 5.91 Å². The maximum Gasteiger partial charge on any atom is 0.314 e. The number of fused-ring (bicyclic) bond motifs is 1. The summed E-state index contributed by atoms with van der Waals surface area (Å²) in [6.45, 7) is 0.556. The van der Waals surface area contributed by atoms with Gasteiger partial charge in [0, 0.05) is 5.56 Å². The highest BCUT2D eigenvalue weighted by Crippen LogP contribution is 2.25. The lowest BCUT2D eigenvalue weighted by atomic mass is 10.2. The Bertz CT molecular complexity index is 1050. The van der Waals surface area contributed by atoms with Crippen LogP contribution >= 0.6 is 0 Å². The number of H-pyrrole nitrogens is 2. The number of ether oxygens (including phenoxy) is 2. The lowest BCUT2D eigenvalue weighted by Gasteiger charge is -2.11. The number of aromatic nitrogens is 2. The van der Waals surface area contributed by atoms with Crippen LogP contribution in [-0.2, 0) is 0 Å². The summed E-state index contributed by atoms with van der Waals surface area (Å²) in [5, 5.41) is 2.73. The second-order valence-electron chi connectivity index (χ2n) is 5.42. The highest BCUT2D eigenvalue weighted by molar-refractivity contribution is 5.97. The third-order valence-corrected chi connectivity index (χ3v) is 3.70. The van der Waals surface area contributed by atoms with E-state index in [4.69, 9.17) is 9.47 Å². The fraction of sp³-hybridized carbons (Fsp3) is 0.167. The van der Waals surface area contributed by atoms with Gasteiger partial charge >= 0.3 is 11.1 Å². The largest absolute Gasteiger partial charge is 0.493 e. The van der Waals surface area contributed by atoms with Crippen LogP contribution < -0.4 is 25.9 Å². The molecular weight excluding hydrogens is 338 g/mol. The van der Waals surface area contributed by atoms with E-state index in [-0.39, 0.29) is 19.1 Å². The van der Waals surface area contributed by atoms with E-state index in [9.17, 15) is 14.4 Å². The van der Waals surface area contributed by atoms with Gasteiger partial charge in [-0.25, -0.2) is 0 Å². The van der Waals surface area contributed by atoms with Crippen molar-refractivity contribution in [2.24, 2.45) is 0 Å². The van der Waals surface area contributed by atoms with E-state index >= 15 is 0 Å². The van der Waals surface area contributed by atoms with E-state index in [2.05, 4.69) is 15.3 Å². The summed E-state index contributed by atoms with van der Waals surface area (Å²) in [6.07, 6.45) is 0. The molecule has 3 rings (SSSR count). The van der Waals surface area contributed by atoms with E-state index in [0.717, 1.165) is 0 Å². The van der Waals surface area contributed by atoms with E-state index in [1.54, 1.807) is 31.4 Å². The van der Waals surface area contributed by atoms with E-state index in [1.165, 1.54) is 6.07 Å². The predicted octanol–water partition coefficient (Wildman–Crippen LogP) is 1.03. The Kier molecular flexibility index (Phi) is 5.02. The molecule has 0 aliphatic heterocycles. The molecule has 1 heterocycles. The number of carbonyl (C=O) groups is 1. The quantitative estimate of drug-likeness (QED) is 0.452. The lowest BCUT2D eigenvalue weighted by Crippen LogP contribution is -2.30. The van der Waals surface area contributed by atoms with Gasteiger partial charge in [0.05, 0.1) is 24.7 Å². The number of para-hydroxylation sites is 2. The van der Waals surface area contributed by atoms with Gasteiger partial charge in [-0.05, 0) is 30.3 Å². The molecule has 8 nitrogen and oxygen atoms in total. The lowest BCUT2D eigenvalue weighted by molar-refractivity contribution is 0.0947. The number of methoxy groups -OCH3 is 1. The highest BCUT2D eigenvalue weighted by Gasteiger charge is 2.08. The molecule has 1 amide bonds. The average molecular weight is 355 g/mol. The molecule has 134 valence electrons. The fourth-order valence-corrected chi connectivity index (χ4v) is 2.42. The molecule has 0 bridgehead atoms. The van der Waals surface area contributed by atoms with Crippen molar-refractivity contribution in [2.75, 3.05) is 20.3 Å². The minimum Gasteiger partial charge on any atom is -0.493 e. The van der Waals surface area contributed by atoms with Crippen LogP contribution in [0, 0.1) is 0 Å². The minimum absolute atomic E-state index is 0.268. The van der Waals surface area contributed by atoms with Crippen LogP contribution in [0.2, 0.25) is 0 Å². The van der Waals surface area contributed by atoms with Crippen molar-refractivity contribution in [3.05, 3.63) is 68.7 Å². The Labute approximate surface area is 147 Å². The number of aromatic amines is 2. The summed E-state index contributed by atoms with van der Waals surface area (Å²) >= 11 is 0. The second kappa shape index (κ2) is 7.56. The SMILES string of the molecule is COc1ccccc1OCCNC(=O)c1ccc2[nH]c(=O)c(=O)[nH]c2c1. The number of hydrogen-bond acceptors (Lipinski definition) is 5.